The Hall–Kier alpha value is -3.09. The summed E-state index contributed by atoms with van der Waals surface area (Å²) >= 11 is 0. The first kappa shape index (κ1) is 15.4. The zero-order valence-electron chi connectivity index (χ0n) is 12.8. The number of fused-ring (bicyclic) bond motifs is 2. The lowest BCUT2D eigenvalue weighted by Gasteiger charge is -2.10. The molecule has 0 aliphatic carbocycles. The first-order chi connectivity index (χ1) is 11.9. The summed E-state index contributed by atoms with van der Waals surface area (Å²) in [4.78, 5) is 19.3. The van der Waals surface area contributed by atoms with Gasteiger partial charge in [0, 0.05) is 22.7 Å². The number of imidazole rings is 1. The molecule has 2 heterocycles. The van der Waals surface area contributed by atoms with Crippen LogP contribution in [0.15, 0.2) is 54.7 Å². The lowest BCUT2D eigenvalue weighted by atomic mass is 10.1. The maximum absolute atomic E-state index is 13.3. The van der Waals surface area contributed by atoms with Crippen LogP contribution < -0.4 is 0 Å². The van der Waals surface area contributed by atoms with Crippen LogP contribution in [0.1, 0.15) is 16.2 Å². The summed E-state index contributed by atoms with van der Waals surface area (Å²) in [5.74, 6) is -1.48. The number of carbonyl (C=O) groups is 1. The second-order valence-electron chi connectivity index (χ2n) is 5.68. The third-order valence-corrected chi connectivity index (χ3v) is 4.10. The number of rotatable bonds is 3. The Kier molecular flexibility index (Phi) is 3.38. The van der Waals surface area contributed by atoms with Crippen LogP contribution >= 0.6 is 0 Å². The van der Waals surface area contributed by atoms with Gasteiger partial charge in [-0.05, 0) is 18.2 Å². The van der Waals surface area contributed by atoms with Crippen molar-refractivity contribution in [3.05, 3.63) is 66.1 Å². The van der Waals surface area contributed by atoms with Crippen LogP contribution in [0.2, 0.25) is 0 Å². The molecule has 0 saturated carbocycles. The number of benzene rings is 2. The molecule has 0 saturated heterocycles. The molecule has 4 rings (SSSR count). The van der Waals surface area contributed by atoms with Crippen LogP contribution in [0.25, 0.3) is 21.9 Å². The van der Waals surface area contributed by atoms with Gasteiger partial charge in [-0.3, -0.25) is 4.79 Å². The summed E-state index contributed by atoms with van der Waals surface area (Å²) in [5.41, 5.74) is 1.61. The van der Waals surface area contributed by atoms with E-state index in [4.69, 9.17) is 0 Å². The van der Waals surface area contributed by atoms with Crippen LogP contribution in [-0.4, -0.2) is 20.3 Å². The molecule has 4 aromatic rings. The number of Topliss-reactive ketones (excluding diaryl/α,β-unsaturated/α-hetero) is 1. The molecule has 0 aliphatic rings. The molecule has 25 heavy (non-hydrogen) atoms. The van der Waals surface area contributed by atoms with E-state index in [1.165, 1.54) is 18.3 Å². The fraction of sp³-hybridized carbons (Fsp3) is 0.111. The molecule has 0 spiro atoms. The zero-order chi connectivity index (χ0) is 17.6. The molecule has 0 unspecified atom stereocenters. The highest BCUT2D eigenvalue weighted by Crippen LogP contribution is 2.32. The summed E-state index contributed by atoms with van der Waals surface area (Å²) in [6.07, 6.45) is -3.11. The van der Waals surface area contributed by atoms with E-state index in [0.29, 0.717) is 10.9 Å². The average Bonchev–Trinajstić information content (AvgIpc) is 3.16. The van der Waals surface area contributed by atoms with Crippen molar-refractivity contribution < 1.29 is 18.0 Å². The van der Waals surface area contributed by atoms with Gasteiger partial charge < -0.3 is 9.55 Å². The normalized spacial score (nSPS) is 12.1. The summed E-state index contributed by atoms with van der Waals surface area (Å²) in [6, 6.07) is 13.4. The fourth-order valence-electron chi connectivity index (χ4n) is 2.98. The van der Waals surface area contributed by atoms with Crippen molar-refractivity contribution in [3.63, 3.8) is 0 Å². The first-order valence-electron chi connectivity index (χ1n) is 7.57. The summed E-state index contributed by atoms with van der Waals surface area (Å²) < 4.78 is 40.9. The molecular formula is C18H12F3N3O. The minimum absolute atomic E-state index is 0.210. The third kappa shape index (κ3) is 2.57. The number of H-pyrrole nitrogens is 1. The summed E-state index contributed by atoms with van der Waals surface area (Å²) in [6.45, 7) is -0.433. The van der Waals surface area contributed by atoms with Gasteiger partial charge in [-0.15, -0.1) is 0 Å². The molecular weight excluding hydrogens is 331 g/mol. The Balaban J connectivity index is 1.81. The molecule has 0 bridgehead atoms. The van der Waals surface area contributed by atoms with Gasteiger partial charge in [-0.1, -0.05) is 30.3 Å². The lowest BCUT2D eigenvalue weighted by molar-refractivity contribution is -0.146. The molecule has 126 valence electrons. The number of aromatic nitrogens is 3. The fourth-order valence-corrected chi connectivity index (χ4v) is 2.98. The van der Waals surface area contributed by atoms with Crippen molar-refractivity contribution in [2.24, 2.45) is 0 Å². The number of ketones is 1. The maximum Gasteiger partial charge on any atom is 0.449 e. The number of hydrogen-bond donors (Lipinski definition) is 1. The second-order valence-corrected chi connectivity index (χ2v) is 5.68. The maximum atomic E-state index is 13.3. The highest BCUT2D eigenvalue weighted by molar-refractivity contribution is 6.08. The van der Waals surface area contributed by atoms with E-state index in [1.54, 1.807) is 30.3 Å². The molecule has 7 heteroatoms. The minimum atomic E-state index is -4.64. The Morgan fingerprint density at radius 1 is 1.08 bits per heavy atom. The molecule has 0 atom stereocenters. The number of halogens is 3. The Morgan fingerprint density at radius 3 is 2.60 bits per heavy atom. The van der Waals surface area contributed by atoms with Crippen molar-refractivity contribution in [3.8, 4) is 0 Å². The predicted molar refractivity (Wildman–Crippen MR) is 87.4 cm³/mol. The van der Waals surface area contributed by atoms with Gasteiger partial charge in [0.2, 0.25) is 5.82 Å². The van der Waals surface area contributed by atoms with Crippen LogP contribution in [0.5, 0.6) is 0 Å². The van der Waals surface area contributed by atoms with E-state index in [-0.39, 0.29) is 11.0 Å². The van der Waals surface area contributed by atoms with E-state index in [0.717, 1.165) is 10.1 Å². The van der Waals surface area contributed by atoms with Gasteiger partial charge in [-0.2, -0.15) is 13.2 Å². The van der Waals surface area contributed by atoms with Crippen molar-refractivity contribution in [1.29, 1.82) is 0 Å². The third-order valence-electron chi connectivity index (χ3n) is 4.10. The number of aromatic amines is 1. The molecule has 2 aromatic heterocycles. The number of alkyl halides is 3. The Morgan fingerprint density at radius 2 is 1.80 bits per heavy atom. The smallest absolute Gasteiger partial charge is 0.360 e. The van der Waals surface area contributed by atoms with Crippen LogP contribution in [0, 0.1) is 0 Å². The Labute approximate surface area is 139 Å². The molecule has 0 amide bonds. The van der Waals surface area contributed by atoms with Gasteiger partial charge in [0.1, 0.15) is 0 Å². The minimum Gasteiger partial charge on any atom is -0.360 e. The lowest BCUT2D eigenvalue weighted by Crippen LogP contribution is -2.19. The molecule has 0 fully saturated rings. The number of nitrogens with zero attached hydrogens (tertiary/aromatic N) is 2. The highest BCUT2D eigenvalue weighted by Gasteiger charge is 2.38. The molecule has 0 aliphatic heterocycles. The van der Waals surface area contributed by atoms with Gasteiger partial charge in [0.15, 0.2) is 5.78 Å². The van der Waals surface area contributed by atoms with Crippen LogP contribution in [0.3, 0.4) is 0 Å². The van der Waals surface area contributed by atoms with Gasteiger partial charge in [0.25, 0.3) is 0 Å². The molecule has 2 aromatic carbocycles. The average molecular weight is 343 g/mol. The summed E-state index contributed by atoms with van der Waals surface area (Å²) in [5, 5.41) is 0.686. The molecule has 4 nitrogen and oxygen atoms in total. The van der Waals surface area contributed by atoms with Crippen molar-refractivity contribution in [1.82, 2.24) is 14.5 Å². The summed E-state index contributed by atoms with van der Waals surface area (Å²) in [7, 11) is 0. The Bertz CT molecular complexity index is 1090. The standard InChI is InChI=1S/C18H12F3N3O/c19-18(20,21)17-23-14-7-3-4-8-15(14)24(17)10-16(25)12-9-22-13-6-2-1-5-11(12)13/h1-9,22H,10H2. The topological polar surface area (TPSA) is 50.7 Å². The van der Waals surface area contributed by atoms with Crippen molar-refractivity contribution in [2.75, 3.05) is 0 Å². The number of nitrogens with one attached hydrogen (secondary N) is 1. The van der Waals surface area contributed by atoms with Crippen molar-refractivity contribution in [2.45, 2.75) is 12.7 Å². The van der Waals surface area contributed by atoms with Crippen molar-refractivity contribution >= 4 is 27.7 Å². The predicted octanol–water partition coefficient (Wildman–Crippen LogP) is 4.42. The number of hydrogen-bond acceptors (Lipinski definition) is 2. The SMILES string of the molecule is O=C(Cn1c(C(F)(F)F)nc2ccccc21)c1c[nH]c2ccccc12. The van der Waals surface area contributed by atoms with Gasteiger partial charge in [-0.25, -0.2) is 4.98 Å². The van der Waals surface area contributed by atoms with E-state index < -0.39 is 24.3 Å². The molecule has 0 radical (unpaired) electrons. The number of carbonyl (C=O) groups excluding carboxylic acids is 1. The van der Waals surface area contributed by atoms with E-state index in [1.807, 2.05) is 6.07 Å². The quantitative estimate of drug-likeness (QED) is 0.560. The van der Waals surface area contributed by atoms with E-state index >= 15 is 0 Å². The largest absolute Gasteiger partial charge is 0.449 e. The van der Waals surface area contributed by atoms with Gasteiger partial charge in [0.05, 0.1) is 17.6 Å². The van der Waals surface area contributed by atoms with E-state index in [9.17, 15) is 18.0 Å². The zero-order valence-corrected chi connectivity index (χ0v) is 12.8. The highest BCUT2D eigenvalue weighted by atomic mass is 19.4. The van der Waals surface area contributed by atoms with Gasteiger partial charge >= 0.3 is 6.18 Å². The second kappa shape index (κ2) is 5.47. The number of para-hydroxylation sites is 3. The first-order valence-corrected chi connectivity index (χ1v) is 7.57. The molecule has 1 N–H and O–H groups in total. The van der Waals surface area contributed by atoms with Crippen LogP contribution in [0.4, 0.5) is 13.2 Å². The monoisotopic (exact) mass is 343 g/mol. The van der Waals surface area contributed by atoms with E-state index in [2.05, 4.69) is 9.97 Å². The van der Waals surface area contributed by atoms with Crippen LogP contribution in [-0.2, 0) is 12.7 Å².